The summed E-state index contributed by atoms with van der Waals surface area (Å²) in [7, 11) is 0. The molecule has 0 saturated carbocycles. The van der Waals surface area contributed by atoms with Gasteiger partial charge in [-0.25, -0.2) is 4.98 Å². The topological polar surface area (TPSA) is 80.1 Å². The van der Waals surface area contributed by atoms with Gasteiger partial charge in [0, 0.05) is 24.2 Å². The van der Waals surface area contributed by atoms with Gasteiger partial charge in [0.05, 0.1) is 16.4 Å². The molecule has 0 radical (unpaired) electrons. The van der Waals surface area contributed by atoms with E-state index in [9.17, 15) is 9.59 Å². The normalized spacial score (nSPS) is 19.3. The Labute approximate surface area is 188 Å². The first-order chi connectivity index (χ1) is 15.5. The zero-order chi connectivity index (χ0) is 22.0. The van der Waals surface area contributed by atoms with Gasteiger partial charge in [-0.2, -0.15) is 9.78 Å². The van der Waals surface area contributed by atoms with Crippen molar-refractivity contribution in [3.63, 3.8) is 0 Å². The maximum absolute atomic E-state index is 13.9. The van der Waals surface area contributed by atoms with Crippen molar-refractivity contribution in [1.82, 2.24) is 14.8 Å². The molecule has 7 nitrogen and oxygen atoms in total. The molecule has 2 aliphatic heterocycles. The van der Waals surface area contributed by atoms with Crippen LogP contribution in [-0.4, -0.2) is 33.1 Å². The molecule has 32 heavy (non-hydrogen) atoms. The van der Waals surface area contributed by atoms with E-state index in [4.69, 9.17) is 0 Å². The summed E-state index contributed by atoms with van der Waals surface area (Å²) in [6.07, 6.45) is 3.44. The number of nitrogens with one attached hydrogen (secondary N) is 1. The van der Waals surface area contributed by atoms with Crippen molar-refractivity contribution in [2.75, 3.05) is 16.8 Å². The Kier molecular flexibility index (Phi) is 3.91. The minimum Gasteiger partial charge on any atom is -0.310 e. The summed E-state index contributed by atoms with van der Waals surface area (Å²) in [6, 6.07) is 13.8. The first kappa shape index (κ1) is 18.9. The molecule has 4 heterocycles. The molecule has 6 rings (SSSR count). The molecular formula is C24H19N5O2S. The highest BCUT2D eigenvalue weighted by molar-refractivity contribution is 7.20. The number of para-hydroxylation sites is 1. The zero-order valence-electron chi connectivity index (χ0n) is 17.3. The molecule has 2 aliphatic rings. The van der Waals surface area contributed by atoms with Gasteiger partial charge in [0.25, 0.3) is 0 Å². The fourth-order valence-corrected chi connectivity index (χ4v) is 5.74. The first-order valence-electron chi connectivity index (χ1n) is 10.3. The van der Waals surface area contributed by atoms with Crippen molar-refractivity contribution in [2.24, 2.45) is 0 Å². The van der Waals surface area contributed by atoms with Crippen LogP contribution in [-0.2, 0) is 15.0 Å². The molecule has 0 fully saturated rings. The van der Waals surface area contributed by atoms with Crippen LogP contribution in [0.4, 0.5) is 11.5 Å². The van der Waals surface area contributed by atoms with E-state index in [0.717, 1.165) is 27.0 Å². The number of anilines is 2. The Hall–Kier alpha value is -3.78. The Morgan fingerprint density at radius 2 is 2.06 bits per heavy atom. The molecule has 1 spiro atoms. The van der Waals surface area contributed by atoms with Crippen LogP contribution in [0.2, 0.25) is 0 Å². The van der Waals surface area contributed by atoms with E-state index in [-0.39, 0.29) is 18.2 Å². The predicted molar refractivity (Wildman–Crippen MR) is 124 cm³/mol. The van der Waals surface area contributed by atoms with E-state index in [1.165, 1.54) is 11.3 Å². The molecule has 158 valence electrons. The second kappa shape index (κ2) is 6.61. The van der Waals surface area contributed by atoms with E-state index in [0.29, 0.717) is 23.1 Å². The Balaban J connectivity index is 1.60. The summed E-state index contributed by atoms with van der Waals surface area (Å²) in [6.45, 7) is 6.17. The number of hydrogen-bond acceptors (Lipinski definition) is 5. The van der Waals surface area contributed by atoms with E-state index < -0.39 is 5.41 Å². The highest BCUT2D eigenvalue weighted by atomic mass is 32.1. The molecule has 1 atom stereocenters. The number of aryl methyl sites for hydroxylation is 1. The number of amides is 2. The van der Waals surface area contributed by atoms with Crippen LogP contribution in [0.1, 0.15) is 23.1 Å². The van der Waals surface area contributed by atoms with Crippen molar-refractivity contribution in [3.05, 3.63) is 78.0 Å². The van der Waals surface area contributed by atoms with Crippen molar-refractivity contribution in [3.8, 4) is 5.13 Å². The zero-order valence-corrected chi connectivity index (χ0v) is 18.1. The highest BCUT2D eigenvalue weighted by Gasteiger charge is 2.57. The number of benzene rings is 2. The van der Waals surface area contributed by atoms with E-state index >= 15 is 0 Å². The third kappa shape index (κ3) is 2.41. The van der Waals surface area contributed by atoms with Crippen LogP contribution in [0, 0.1) is 6.92 Å². The smallest absolute Gasteiger partial charge is 0.243 e. The summed E-state index contributed by atoms with van der Waals surface area (Å²) >= 11 is 1.49. The largest absolute Gasteiger partial charge is 0.310 e. The number of aromatic nitrogens is 3. The summed E-state index contributed by atoms with van der Waals surface area (Å²) in [5, 5.41) is 8.17. The fourth-order valence-electron chi connectivity index (χ4n) is 4.81. The lowest BCUT2D eigenvalue weighted by Crippen LogP contribution is -2.46. The van der Waals surface area contributed by atoms with Crippen LogP contribution < -0.4 is 10.2 Å². The van der Waals surface area contributed by atoms with E-state index in [1.807, 2.05) is 49.4 Å². The molecule has 2 aromatic heterocycles. The van der Waals surface area contributed by atoms with Crippen LogP contribution in [0.25, 0.3) is 15.3 Å². The van der Waals surface area contributed by atoms with Crippen molar-refractivity contribution >= 4 is 44.9 Å². The van der Waals surface area contributed by atoms with E-state index in [2.05, 4.69) is 22.0 Å². The number of carbonyl (C=O) groups is 2. The quantitative estimate of drug-likeness (QED) is 0.488. The molecule has 2 aromatic carbocycles. The van der Waals surface area contributed by atoms with Crippen molar-refractivity contribution in [1.29, 1.82) is 0 Å². The second-order valence-electron chi connectivity index (χ2n) is 8.14. The molecular weight excluding hydrogens is 422 g/mol. The summed E-state index contributed by atoms with van der Waals surface area (Å²) < 4.78 is 2.66. The standard InChI is InChI=1S/C24H19N5O2S/c1-3-10-28-18-9-8-14(2)11-15(18)24(22(28)31)12-20(30)27-21-16(24)13-25-29(21)23-26-17-6-4-5-7-19(17)32-23/h3-9,11,13H,1,10,12H2,2H3,(H,27,30)/t24-/m1/s1. The maximum atomic E-state index is 13.9. The number of thiazole rings is 1. The fraction of sp³-hybridized carbons (Fsp3) is 0.167. The minimum absolute atomic E-state index is 0.0362. The lowest BCUT2D eigenvalue weighted by atomic mass is 9.71. The predicted octanol–water partition coefficient (Wildman–Crippen LogP) is 3.95. The molecule has 4 aromatic rings. The summed E-state index contributed by atoms with van der Waals surface area (Å²) in [4.78, 5) is 33.3. The van der Waals surface area contributed by atoms with Gasteiger partial charge in [0.2, 0.25) is 16.9 Å². The Morgan fingerprint density at radius 1 is 1.22 bits per heavy atom. The van der Waals surface area contributed by atoms with Crippen LogP contribution in [0.3, 0.4) is 0 Å². The molecule has 0 bridgehead atoms. The average Bonchev–Trinajstić information content (AvgIpc) is 3.45. The maximum Gasteiger partial charge on any atom is 0.243 e. The van der Waals surface area contributed by atoms with Crippen LogP contribution in [0.5, 0.6) is 0 Å². The summed E-state index contributed by atoms with van der Waals surface area (Å²) in [5.74, 6) is 0.154. The van der Waals surface area contributed by atoms with Gasteiger partial charge in [-0.05, 0) is 30.7 Å². The Morgan fingerprint density at radius 3 is 2.88 bits per heavy atom. The number of hydrogen-bond donors (Lipinski definition) is 1. The molecule has 2 amide bonds. The van der Waals surface area contributed by atoms with Gasteiger partial charge in [0.1, 0.15) is 11.2 Å². The number of rotatable bonds is 3. The van der Waals surface area contributed by atoms with E-state index in [1.54, 1.807) is 21.9 Å². The Bertz CT molecular complexity index is 1420. The van der Waals surface area contributed by atoms with Gasteiger partial charge in [0.15, 0.2) is 0 Å². The van der Waals surface area contributed by atoms with Gasteiger partial charge in [-0.1, -0.05) is 47.2 Å². The van der Waals surface area contributed by atoms with Crippen LogP contribution >= 0.6 is 11.3 Å². The van der Waals surface area contributed by atoms with Gasteiger partial charge < -0.3 is 10.2 Å². The third-order valence-electron chi connectivity index (χ3n) is 6.20. The van der Waals surface area contributed by atoms with Gasteiger partial charge in [-0.3, -0.25) is 9.59 Å². The lowest BCUT2D eigenvalue weighted by molar-refractivity contribution is -0.126. The number of fused-ring (bicyclic) bond motifs is 5. The molecule has 1 N–H and O–H groups in total. The highest BCUT2D eigenvalue weighted by Crippen LogP contribution is 2.52. The number of carbonyl (C=O) groups excluding carboxylic acids is 2. The molecule has 0 saturated heterocycles. The molecule has 0 unspecified atom stereocenters. The average molecular weight is 442 g/mol. The summed E-state index contributed by atoms with van der Waals surface area (Å²) in [5.41, 5.74) is 3.13. The number of nitrogens with zero attached hydrogens (tertiary/aromatic N) is 4. The molecule has 8 heteroatoms. The third-order valence-corrected chi connectivity index (χ3v) is 7.21. The molecule has 0 aliphatic carbocycles. The SMILES string of the molecule is C=CCN1C(=O)[C@]2(CC(=O)Nc3c2cnn3-c2nc3ccccc3s2)c2cc(C)ccc21. The lowest BCUT2D eigenvalue weighted by Gasteiger charge is -2.32. The van der Waals surface area contributed by atoms with Gasteiger partial charge >= 0.3 is 0 Å². The van der Waals surface area contributed by atoms with Crippen molar-refractivity contribution < 1.29 is 9.59 Å². The second-order valence-corrected chi connectivity index (χ2v) is 9.15. The first-order valence-corrected chi connectivity index (χ1v) is 11.1. The van der Waals surface area contributed by atoms with Crippen molar-refractivity contribution in [2.45, 2.75) is 18.8 Å². The monoisotopic (exact) mass is 441 g/mol. The van der Waals surface area contributed by atoms with Crippen LogP contribution in [0.15, 0.2) is 61.3 Å². The minimum atomic E-state index is -1.11. The van der Waals surface area contributed by atoms with Gasteiger partial charge in [-0.15, -0.1) is 6.58 Å².